The van der Waals surface area contributed by atoms with Crippen LogP contribution in [0.4, 0.5) is 26.3 Å². The lowest BCUT2D eigenvalue weighted by Crippen LogP contribution is -2.21. The zero-order valence-corrected chi connectivity index (χ0v) is 8.65. The molecule has 0 aliphatic heterocycles. The Hall–Kier alpha value is -1.57. The number of Topliss-reactive ketones (excluding diaryl/α,β-unsaturated/α-hetero) is 1. The number of carbonyl (C=O) groups is 1. The molecule has 0 unspecified atom stereocenters. The van der Waals surface area contributed by atoms with Gasteiger partial charge in [-0.25, -0.2) is 13.2 Å². The number of benzene rings is 1. The van der Waals surface area contributed by atoms with Gasteiger partial charge in [-0.15, -0.1) is 0 Å². The molecule has 0 heterocycles. The first-order chi connectivity index (χ1) is 8.22. The van der Waals surface area contributed by atoms with E-state index in [2.05, 4.69) is 4.74 Å². The minimum Gasteiger partial charge on any atom is -0.364 e. The molecule has 1 aromatic rings. The van der Waals surface area contributed by atoms with Crippen LogP contribution >= 0.6 is 0 Å². The molecule has 0 aromatic heterocycles. The second-order valence-electron chi connectivity index (χ2n) is 3.25. The number of halogens is 6. The highest BCUT2D eigenvalue weighted by molar-refractivity contribution is 5.97. The zero-order chi connectivity index (χ0) is 13.9. The fourth-order valence-electron chi connectivity index (χ4n) is 1.08. The highest BCUT2D eigenvalue weighted by Gasteiger charge is 2.28. The molecule has 0 bridgehead atoms. The Labute approximate surface area is 97.2 Å². The predicted molar refractivity (Wildman–Crippen MR) is 47.5 cm³/mol. The summed E-state index contributed by atoms with van der Waals surface area (Å²) in [5.41, 5.74) is -0.865. The number of hydrogen-bond donors (Lipinski definition) is 0. The second-order valence-corrected chi connectivity index (χ2v) is 3.25. The van der Waals surface area contributed by atoms with E-state index in [0.29, 0.717) is 12.1 Å². The Balaban J connectivity index is 2.71. The van der Waals surface area contributed by atoms with Crippen molar-refractivity contribution in [3.63, 3.8) is 0 Å². The SMILES string of the molecule is O=C(COCC(F)(F)F)c1ccc(F)c(F)c1F. The fraction of sp³-hybridized carbons (Fsp3) is 0.300. The van der Waals surface area contributed by atoms with E-state index in [1.54, 1.807) is 0 Å². The van der Waals surface area contributed by atoms with Crippen molar-refractivity contribution in [3.05, 3.63) is 35.1 Å². The van der Waals surface area contributed by atoms with Crippen molar-refractivity contribution in [2.24, 2.45) is 0 Å². The van der Waals surface area contributed by atoms with Crippen LogP contribution in [0.2, 0.25) is 0 Å². The number of ketones is 1. The van der Waals surface area contributed by atoms with E-state index in [1.165, 1.54) is 0 Å². The third-order valence-corrected chi connectivity index (χ3v) is 1.83. The number of carbonyl (C=O) groups excluding carboxylic acids is 1. The summed E-state index contributed by atoms with van der Waals surface area (Å²) in [5.74, 6) is -6.33. The number of rotatable bonds is 4. The van der Waals surface area contributed by atoms with Gasteiger partial charge >= 0.3 is 6.18 Å². The van der Waals surface area contributed by atoms with Gasteiger partial charge in [-0.1, -0.05) is 0 Å². The quantitative estimate of drug-likeness (QED) is 0.478. The first-order valence-corrected chi connectivity index (χ1v) is 4.53. The van der Waals surface area contributed by atoms with E-state index >= 15 is 0 Å². The predicted octanol–water partition coefficient (Wildman–Crippen LogP) is 2.87. The van der Waals surface area contributed by atoms with E-state index in [9.17, 15) is 31.1 Å². The lowest BCUT2D eigenvalue weighted by molar-refractivity contribution is -0.170. The van der Waals surface area contributed by atoms with Gasteiger partial charge in [0.2, 0.25) is 0 Å². The van der Waals surface area contributed by atoms with Gasteiger partial charge in [0, 0.05) is 0 Å². The van der Waals surface area contributed by atoms with Crippen molar-refractivity contribution in [2.45, 2.75) is 6.18 Å². The van der Waals surface area contributed by atoms with Crippen molar-refractivity contribution >= 4 is 5.78 Å². The normalized spacial score (nSPS) is 11.7. The molecule has 0 aliphatic rings. The fourth-order valence-corrected chi connectivity index (χ4v) is 1.08. The molecule has 0 fully saturated rings. The molecular formula is C10H6F6O2. The maximum atomic E-state index is 13.1. The van der Waals surface area contributed by atoms with Gasteiger partial charge in [0.25, 0.3) is 0 Å². The summed E-state index contributed by atoms with van der Waals surface area (Å²) in [4.78, 5) is 11.2. The summed E-state index contributed by atoms with van der Waals surface area (Å²) in [6, 6.07) is 1.13. The maximum absolute atomic E-state index is 13.1. The van der Waals surface area contributed by atoms with Crippen molar-refractivity contribution < 1.29 is 35.9 Å². The van der Waals surface area contributed by atoms with E-state index in [1.807, 2.05) is 0 Å². The van der Waals surface area contributed by atoms with Crippen LogP contribution in [-0.4, -0.2) is 25.2 Å². The molecule has 0 radical (unpaired) electrons. The molecule has 0 amide bonds. The Morgan fingerprint density at radius 3 is 2.28 bits per heavy atom. The Kier molecular flexibility index (Phi) is 4.33. The van der Waals surface area contributed by atoms with E-state index in [0.717, 1.165) is 0 Å². The zero-order valence-electron chi connectivity index (χ0n) is 8.65. The van der Waals surface area contributed by atoms with Crippen LogP contribution in [0.3, 0.4) is 0 Å². The number of ether oxygens (including phenoxy) is 1. The first-order valence-electron chi connectivity index (χ1n) is 4.53. The highest BCUT2D eigenvalue weighted by Crippen LogP contribution is 2.17. The molecule has 0 N–H and O–H groups in total. The molecule has 1 rings (SSSR count). The first kappa shape index (κ1) is 14.5. The van der Waals surface area contributed by atoms with Crippen molar-refractivity contribution in [1.82, 2.24) is 0 Å². The monoisotopic (exact) mass is 272 g/mol. The molecular weight excluding hydrogens is 266 g/mol. The molecule has 0 aliphatic carbocycles. The molecule has 1 aromatic carbocycles. The standard InChI is InChI=1S/C10H6F6O2/c11-6-2-1-5(8(12)9(6)13)7(17)3-18-4-10(14,15)16/h1-2H,3-4H2. The lowest BCUT2D eigenvalue weighted by Gasteiger charge is -2.07. The van der Waals surface area contributed by atoms with Gasteiger partial charge < -0.3 is 4.74 Å². The molecule has 0 atom stereocenters. The Morgan fingerprint density at radius 2 is 1.72 bits per heavy atom. The van der Waals surface area contributed by atoms with Crippen LogP contribution in [0.25, 0.3) is 0 Å². The number of alkyl halides is 3. The maximum Gasteiger partial charge on any atom is 0.411 e. The highest BCUT2D eigenvalue weighted by atomic mass is 19.4. The third-order valence-electron chi connectivity index (χ3n) is 1.83. The van der Waals surface area contributed by atoms with Crippen LogP contribution in [0, 0.1) is 17.5 Å². The average Bonchev–Trinajstić information content (AvgIpc) is 2.24. The summed E-state index contributed by atoms with van der Waals surface area (Å²) >= 11 is 0. The van der Waals surface area contributed by atoms with E-state index in [4.69, 9.17) is 0 Å². The minimum atomic E-state index is -4.63. The molecule has 0 spiro atoms. The second kappa shape index (κ2) is 5.38. The van der Waals surface area contributed by atoms with Gasteiger partial charge in [0.1, 0.15) is 13.2 Å². The van der Waals surface area contributed by atoms with E-state index in [-0.39, 0.29) is 0 Å². The van der Waals surface area contributed by atoms with Crippen LogP contribution in [0.1, 0.15) is 10.4 Å². The van der Waals surface area contributed by atoms with Gasteiger partial charge in [-0.05, 0) is 12.1 Å². The van der Waals surface area contributed by atoms with Crippen LogP contribution in [-0.2, 0) is 4.74 Å². The summed E-state index contributed by atoms with van der Waals surface area (Å²) in [5, 5.41) is 0. The van der Waals surface area contributed by atoms with Crippen LogP contribution < -0.4 is 0 Å². The number of hydrogen-bond acceptors (Lipinski definition) is 2. The third kappa shape index (κ3) is 3.73. The minimum absolute atomic E-state index is 0.495. The van der Waals surface area contributed by atoms with Crippen molar-refractivity contribution in [2.75, 3.05) is 13.2 Å². The summed E-state index contributed by atoms with van der Waals surface area (Å²) in [6.45, 7) is -2.77. The van der Waals surface area contributed by atoms with Crippen LogP contribution in [0.15, 0.2) is 12.1 Å². The summed E-state index contributed by atoms with van der Waals surface area (Å²) < 4.78 is 77.4. The smallest absolute Gasteiger partial charge is 0.364 e. The van der Waals surface area contributed by atoms with Gasteiger partial charge in [0.15, 0.2) is 23.2 Å². The van der Waals surface area contributed by atoms with Crippen molar-refractivity contribution in [1.29, 1.82) is 0 Å². The Bertz CT molecular complexity index is 454. The van der Waals surface area contributed by atoms with Gasteiger partial charge in [-0.3, -0.25) is 4.79 Å². The molecule has 0 saturated heterocycles. The van der Waals surface area contributed by atoms with Crippen LogP contribution in [0.5, 0.6) is 0 Å². The summed E-state index contributed by atoms with van der Waals surface area (Å²) in [7, 11) is 0. The molecule has 8 heteroatoms. The molecule has 0 saturated carbocycles. The van der Waals surface area contributed by atoms with Gasteiger partial charge in [-0.2, -0.15) is 13.2 Å². The lowest BCUT2D eigenvalue weighted by atomic mass is 10.1. The molecule has 100 valence electrons. The Morgan fingerprint density at radius 1 is 1.11 bits per heavy atom. The topological polar surface area (TPSA) is 26.3 Å². The average molecular weight is 272 g/mol. The largest absolute Gasteiger partial charge is 0.411 e. The van der Waals surface area contributed by atoms with E-state index < -0.39 is 48.2 Å². The van der Waals surface area contributed by atoms with Gasteiger partial charge in [0.05, 0.1) is 5.56 Å². The van der Waals surface area contributed by atoms with Crippen molar-refractivity contribution in [3.8, 4) is 0 Å². The molecule has 18 heavy (non-hydrogen) atoms. The summed E-state index contributed by atoms with van der Waals surface area (Å²) in [6.07, 6.45) is -4.63. The molecule has 2 nitrogen and oxygen atoms in total.